The number of carbonyl (C=O) groups excluding carboxylic acids is 1. The molecule has 1 aliphatic heterocycles. The van der Waals surface area contributed by atoms with E-state index in [-0.39, 0.29) is 18.5 Å². The molecule has 2 rings (SSSR count). The summed E-state index contributed by atoms with van der Waals surface area (Å²) in [5.41, 5.74) is 5.91. The largest absolute Gasteiger partial charge is 0.395 e. The Balaban J connectivity index is 2.43. The van der Waals surface area contributed by atoms with Crippen LogP contribution in [-0.4, -0.2) is 24.7 Å². The zero-order valence-corrected chi connectivity index (χ0v) is 10.4. The Hall–Kier alpha value is -1.72. The van der Waals surface area contributed by atoms with Gasteiger partial charge in [-0.15, -0.1) is 0 Å². The Labute approximate surface area is 109 Å². The van der Waals surface area contributed by atoms with Crippen molar-refractivity contribution in [3.63, 3.8) is 0 Å². The summed E-state index contributed by atoms with van der Waals surface area (Å²) in [4.78, 5) is 12.9. The van der Waals surface area contributed by atoms with E-state index in [1.807, 2.05) is 0 Å². The molecule has 0 unspecified atom stereocenters. The van der Waals surface area contributed by atoms with Crippen LogP contribution in [0.1, 0.15) is 24.8 Å². The lowest BCUT2D eigenvalue weighted by molar-refractivity contribution is -0.152. The first-order valence-electron chi connectivity index (χ1n) is 6.04. The smallest absolute Gasteiger partial charge is 0.368 e. The fourth-order valence-electron chi connectivity index (χ4n) is 2.48. The third kappa shape index (κ3) is 2.52. The third-order valence-electron chi connectivity index (χ3n) is 3.55. The maximum atomic E-state index is 13.0. The van der Waals surface area contributed by atoms with Crippen molar-refractivity contribution in [3.05, 3.63) is 29.8 Å². The molecule has 0 fully saturated rings. The number of nitrogens with zero attached hydrogens (tertiary/aromatic N) is 1. The number of nitrogens with two attached hydrogens (primary N) is 1. The molecule has 0 bridgehead atoms. The minimum Gasteiger partial charge on any atom is -0.368 e. The summed E-state index contributed by atoms with van der Waals surface area (Å²) in [5.74, 6) is -2.01. The van der Waals surface area contributed by atoms with Gasteiger partial charge in [0.05, 0.1) is 5.92 Å². The normalized spacial score (nSPS) is 20.8. The van der Waals surface area contributed by atoms with Crippen LogP contribution < -0.4 is 10.6 Å². The highest BCUT2D eigenvalue weighted by molar-refractivity contribution is 5.83. The van der Waals surface area contributed by atoms with Gasteiger partial charge in [-0.2, -0.15) is 13.2 Å². The second-order valence-electron chi connectivity index (χ2n) is 4.71. The van der Waals surface area contributed by atoms with Crippen LogP contribution in [0.5, 0.6) is 0 Å². The van der Waals surface area contributed by atoms with Crippen molar-refractivity contribution in [2.24, 2.45) is 5.73 Å². The maximum absolute atomic E-state index is 13.0. The Morgan fingerprint density at radius 3 is 2.63 bits per heavy atom. The monoisotopic (exact) mass is 272 g/mol. The highest BCUT2D eigenvalue weighted by Gasteiger charge is 2.44. The van der Waals surface area contributed by atoms with Gasteiger partial charge in [-0.25, -0.2) is 0 Å². The number of carbonyl (C=O) groups is 1. The summed E-state index contributed by atoms with van der Waals surface area (Å²) in [6, 6.07) is 5.70. The van der Waals surface area contributed by atoms with Crippen molar-refractivity contribution in [2.45, 2.75) is 31.5 Å². The molecule has 1 aromatic rings. The van der Waals surface area contributed by atoms with Gasteiger partial charge < -0.3 is 10.6 Å². The van der Waals surface area contributed by atoms with E-state index >= 15 is 0 Å². The van der Waals surface area contributed by atoms with Gasteiger partial charge in [0.15, 0.2) is 0 Å². The Kier molecular flexibility index (Phi) is 3.43. The fraction of sp³-hybridized carbons (Fsp3) is 0.462. The van der Waals surface area contributed by atoms with Gasteiger partial charge in [0.1, 0.15) is 6.04 Å². The number of primary amides is 1. The molecular formula is C13H15F3N2O. The first kappa shape index (κ1) is 13.7. The van der Waals surface area contributed by atoms with E-state index in [4.69, 9.17) is 5.73 Å². The molecule has 1 amide bonds. The molecule has 1 aliphatic rings. The number of hydrogen-bond donors (Lipinski definition) is 1. The Morgan fingerprint density at radius 2 is 2.05 bits per heavy atom. The molecule has 19 heavy (non-hydrogen) atoms. The van der Waals surface area contributed by atoms with Crippen molar-refractivity contribution in [3.8, 4) is 0 Å². The van der Waals surface area contributed by atoms with E-state index in [9.17, 15) is 18.0 Å². The van der Waals surface area contributed by atoms with E-state index in [2.05, 4.69) is 0 Å². The summed E-state index contributed by atoms with van der Waals surface area (Å²) >= 11 is 0. The lowest BCUT2D eigenvalue weighted by Crippen LogP contribution is -2.47. The highest BCUT2D eigenvalue weighted by atomic mass is 19.4. The first-order chi connectivity index (χ1) is 8.82. The second kappa shape index (κ2) is 4.75. The molecule has 6 heteroatoms. The summed E-state index contributed by atoms with van der Waals surface area (Å²) < 4.78 is 39.0. The van der Waals surface area contributed by atoms with E-state index in [1.54, 1.807) is 30.0 Å². The zero-order chi connectivity index (χ0) is 14.2. The van der Waals surface area contributed by atoms with Crippen LogP contribution in [0.2, 0.25) is 0 Å². The number of benzene rings is 1. The van der Waals surface area contributed by atoms with Crippen LogP contribution in [0.25, 0.3) is 0 Å². The summed E-state index contributed by atoms with van der Waals surface area (Å²) in [6.45, 7) is 1.78. The molecule has 0 radical (unpaired) electrons. The molecule has 1 heterocycles. The van der Waals surface area contributed by atoms with Gasteiger partial charge in [0, 0.05) is 12.2 Å². The van der Waals surface area contributed by atoms with E-state index in [0.29, 0.717) is 5.69 Å². The van der Waals surface area contributed by atoms with Gasteiger partial charge in [0.25, 0.3) is 0 Å². The summed E-state index contributed by atoms with van der Waals surface area (Å²) in [5, 5.41) is 0. The molecule has 1 aromatic carbocycles. The van der Waals surface area contributed by atoms with Gasteiger partial charge >= 0.3 is 6.18 Å². The molecule has 0 saturated heterocycles. The van der Waals surface area contributed by atoms with Crippen LogP contribution in [0.15, 0.2) is 24.3 Å². The molecule has 0 spiro atoms. The van der Waals surface area contributed by atoms with Crippen LogP contribution >= 0.6 is 0 Å². The number of para-hydroxylation sites is 1. The van der Waals surface area contributed by atoms with Gasteiger partial charge in [-0.3, -0.25) is 4.79 Å². The van der Waals surface area contributed by atoms with Crippen molar-refractivity contribution in [2.75, 3.05) is 11.4 Å². The topological polar surface area (TPSA) is 46.3 Å². The van der Waals surface area contributed by atoms with Crippen LogP contribution in [-0.2, 0) is 4.79 Å². The second-order valence-corrected chi connectivity index (χ2v) is 4.71. The predicted octanol–water partition coefficient (Wildman–Crippen LogP) is 2.42. The highest BCUT2D eigenvalue weighted by Crippen LogP contribution is 2.45. The molecule has 2 N–H and O–H groups in total. The molecule has 3 nitrogen and oxygen atoms in total. The molecule has 0 saturated carbocycles. The van der Waals surface area contributed by atoms with Crippen LogP contribution in [0.3, 0.4) is 0 Å². The Bertz CT molecular complexity index is 487. The predicted molar refractivity (Wildman–Crippen MR) is 65.9 cm³/mol. The first-order valence-corrected chi connectivity index (χ1v) is 6.04. The van der Waals surface area contributed by atoms with Gasteiger partial charge in [-0.1, -0.05) is 18.2 Å². The molecule has 104 valence electrons. The lowest BCUT2D eigenvalue weighted by atomic mass is 9.88. The molecular weight excluding hydrogens is 257 g/mol. The van der Waals surface area contributed by atoms with Crippen LogP contribution in [0.4, 0.5) is 18.9 Å². The standard InChI is InChI=1S/C13H15F3N2O/c1-8(12(17)19)18-7-6-10(13(14,15)16)9-4-2-3-5-11(9)18/h2-5,8,10H,6-7H2,1H3,(H2,17,19)/t8-,10+/m0/s1. The zero-order valence-electron chi connectivity index (χ0n) is 10.4. The van der Waals surface area contributed by atoms with E-state index in [0.717, 1.165) is 0 Å². The summed E-state index contributed by atoms with van der Waals surface area (Å²) in [6.07, 6.45) is -4.32. The van der Waals surface area contributed by atoms with Gasteiger partial charge in [0.2, 0.25) is 5.91 Å². The number of fused-ring (bicyclic) bond motifs is 1. The lowest BCUT2D eigenvalue weighted by Gasteiger charge is -2.38. The number of hydrogen-bond acceptors (Lipinski definition) is 2. The van der Waals surface area contributed by atoms with Crippen molar-refractivity contribution >= 4 is 11.6 Å². The average molecular weight is 272 g/mol. The Morgan fingerprint density at radius 1 is 1.42 bits per heavy atom. The van der Waals surface area contributed by atoms with E-state index < -0.39 is 24.0 Å². The summed E-state index contributed by atoms with van der Waals surface area (Å²) in [7, 11) is 0. The number of amides is 1. The van der Waals surface area contributed by atoms with Crippen molar-refractivity contribution in [1.82, 2.24) is 0 Å². The number of halogens is 3. The van der Waals surface area contributed by atoms with Gasteiger partial charge in [-0.05, 0) is 25.0 Å². The van der Waals surface area contributed by atoms with Crippen molar-refractivity contribution < 1.29 is 18.0 Å². The van der Waals surface area contributed by atoms with Crippen molar-refractivity contribution in [1.29, 1.82) is 0 Å². The number of rotatable bonds is 2. The molecule has 0 aromatic heterocycles. The molecule has 0 aliphatic carbocycles. The fourth-order valence-corrected chi connectivity index (χ4v) is 2.48. The quantitative estimate of drug-likeness (QED) is 0.898. The van der Waals surface area contributed by atoms with E-state index in [1.165, 1.54) is 6.07 Å². The third-order valence-corrected chi connectivity index (χ3v) is 3.55. The van der Waals surface area contributed by atoms with Crippen LogP contribution in [0, 0.1) is 0 Å². The minimum atomic E-state index is -4.27. The maximum Gasteiger partial charge on any atom is 0.395 e. The number of alkyl halides is 3. The average Bonchev–Trinajstić information content (AvgIpc) is 2.35. The minimum absolute atomic E-state index is 0.0574. The number of anilines is 1. The SMILES string of the molecule is C[C@@H](C(N)=O)N1CC[C@@H](C(F)(F)F)c2ccccc21. The molecule has 2 atom stereocenters.